The third-order valence-corrected chi connectivity index (χ3v) is 2.80. The fourth-order valence-corrected chi connectivity index (χ4v) is 1.37. The first kappa shape index (κ1) is 13.5. The first-order valence-electron chi connectivity index (χ1n) is 5.21. The Morgan fingerprint density at radius 1 is 1.53 bits per heavy atom. The largest absolute Gasteiger partial charge is 0.327 e. The minimum absolute atomic E-state index is 0.223. The zero-order chi connectivity index (χ0) is 13.0. The molecule has 0 aliphatic heterocycles. The Hall–Kier alpha value is -1.57. The van der Waals surface area contributed by atoms with Crippen molar-refractivity contribution in [3.05, 3.63) is 28.8 Å². The number of nitrogens with zero attached hydrogens (tertiary/aromatic N) is 1. The van der Waals surface area contributed by atoms with Crippen LogP contribution in [0.4, 0.5) is 5.69 Å². The molecule has 2 atom stereocenters. The Labute approximate surface area is 105 Å². The van der Waals surface area contributed by atoms with E-state index in [1.807, 2.05) is 6.07 Å². The molecule has 0 bridgehead atoms. The first-order valence-corrected chi connectivity index (χ1v) is 5.59. The average molecular weight is 252 g/mol. The molecule has 3 N–H and O–H groups in total. The molecule has 5 heteroatoms. The quantitative estimate of drug-likeness (QED) is 0.864. The minimum Gasteiger partial charge on any atom is -0.327 e. The highest BCUT2D eigenvalue weighted by molar-refractivity contribution is 6.31. The number of carbonyl (C=O) groups is 1. The number of anilines is 1. The molecule has 1 aromatic rings. The van der Waals surface area contributed by atoms with Gasteiger partial charge in [0, 0.05) is 11.1 Å². The van der Waals surface area contributed by atoms with Crippen LogP contribution in [0.15, 0.2) is 18.2 Å². The van der Waals surface area contributed by atoms with Gasteiger partial charge in [-0.1, -0.05) is 18.5 Å². The summed E-state index contributed by atoms with van der Waals surface area (Å²) in [7, 11) is 0. The lowest BCUT2D eigenvalue weighted by Crippen LogP contribution is -2.34. The Morgan fingerprint density at radius 2 is 2.18 bits per heavy atom. The summed E-state index contributed by atoms with van der Waals surface area (Å²) >= 11 is 5.81. The van der Waals surface area contributed by atoms with Crippen LogP contribution in [0, 0.1) is 17.2 Å². The average Bonchev–Trinajstić information content (AvgIpc) is 2.28. The molecule has 0 radical (unpaired) electrons. The molecule has 90 valence electrons. The summed E-state index contributed by atoms with van der Waals surface area (Å²) in [5, 5.41) is 12.0. The number of nitrogens with one attached hydrogen (secondary N) is 1. The van der Waals surface area contributed by atoms with E-state index in [4.69, 9.17) is 22.6 Å². The van der Waals surface area contributed by atoms with E-state index >= 15 is 0 Å². The van der Waals surface area contributed by atoms with E-state index in [0.717, 1.165) is 0 Å². The monoisotopic (exact) mass is 251 g/mol. The second-order valence-electron chi connectivity index (χ2n) is 3.94. The van der Waals surface area contributed by atoms with Crippen molar-refractivity contribution in [2.24, 2.45) is 11.7 Å². The number of hydrogen-bond acceptors (Lipinski definition) is 3. The number of carbonyl (C=O) groups excluding carboxylic acids is 1. The van der Waals surface area contributed by atoms with Crippen molar-refractivity contribution in [3.63, 3.8) is 0 Å². The topological polar surface area (TPSA) is 78.9 Å². The molecule has 0 aliphatic rings. The van der Waals surface area contributed by atoms with Crippen molar-refractivity contribution in [2.45, 2.75) is 19.9 Å². The Balaban J connectivity index is 2.92. The van der Waals surface area contributed by atoms with Crippen LogP contribution in [-0.2, 0) is 4.79 Å². The molecule has 0 saturated heterocycles. The fourth-order valence-electron chi connectivity index (χ4n) is 1.20. The molecule has 1 amide bonds. The molecular weight excluding hydrogens is 238 g/mol. The van der Waals surface area contributed by atoms with Gasteiger partial charge in [0.15, 0.2) is 0 Å². The second-order valence-corrected chi connectivity index (χ2v) is 4.38. The molecule has 0 fully saturated rings. The van der Waals surface area contributed by atoms with Crippen molar-refractivity contribution < 1.29 is 4.79 Å². The molecule has 1 aromatic carbocycles. The minimum atomic E-state index is -0.333. The van der Waals surface area contributed by atoms with E-state index in [1.54, 1.807) is 32.0 Å². The number of nitriles is 1. The molecule has 1 rings (SSSR count). The molecule has 17 heavy (non-hydrogen) atoms. The predicted octanol–water partition coefficient (Wildman–Crippen LogP) is 2.13. The molecule has 0 aromatic heterocycles. The number of nitrogens with two attached hydrogens (primary N) is 1. The second kappa shape index (κ2) is 5.67. The van der Waals surface area contributed by atoms with Gasteiger partial charge in [-0.3, -0.25) is 4.79 Å². The van der Waals surface area contributed by atoms with Gasteiger partial charge in [0.05, 0.1) is 17.2 Å². The lowest BCUT2D eigenvalue weighted by molar-refractivity contribution is -0.119. The zero-order valence-corrected chi connectivity index (χ0v) is 10.5. The van der Waals surface area contributed by atoms with Crippen molar-refractivity contribution in [3.8, 4) is 6.07 Å². The summed E-state index contributed by atoms with van der Waals surface area (Å²) in [6, 6.07) is 6.45. The molecule has 2 unspecified atom stereocenters. The number of hydrogen-bond donors (Lipinski definition) is 2. The van der Waals surface area contributed by atoms with Gasteiger partial charge < -0.3 is 11.1 Å². The number of halogens is 1. The van der Waals surface area contributed by atoms with Gasteiger partial charge in [0.1, 0.15) is 6.07 Å². The maximum absolute atomic E-state index is 11.8. The third kappa shape index (κ3) is 3.45. The summed E-state index contributed by atoms with van der Waals surface area (Å²) in [4.78, 5) is 11.8. The molecule has 0 spiro atoms. The normalized spacial score (nSPS) is 13.6. The standard InChI is InChI=1S/C12H14ClN3O/c1-7(8(2)15)12(17)16-11-5-10(13)4-3-9(11)6-14/h3-5,7-8H,15H2,1-2H3,(H,16,17). The Bertz CT molecular complexity index is 465. The van der Waals surface area contributed by atoms with Crippen LogP contribution in [0.1, 0.15) is 19.4 Å². The molecule has 0 heterocycles. The van der Waals surface area contributed by atoms with Gasteiger partial charge in [-0.2, -0.15) is 5.26 Å². The Morgan fingerprint density at radius 3 is 2.71 bits per heavy atom. The van der Waals surface area contributed by atoms with Gasteiger partial charge in [0.2, 0.25) is 5.91 Å². The van der Waals surface area contributed by atoms with Crippen LogP contribution in [0.3, 0.4) is 0 Å². The van der Waals surface area contributed by atoms with E-state index in [0.29, 0.717) is 16.3 Å². The van der Waals surface area contributed by atoms with E-state index in [9.17, 15) is 4.79 Å². The van der Waals surface area contributed by atoms with Crippen LogP contribution >= 0.6 is 11.6 Å². The summed E-state index contributed by atoms with van der Waals surface area (Å²) in [6.07, 6.45) is 0. The predicted molar refractivity (Wildman–Crippen MR) is 67.6 cm³/mol. The van der Waals surface area contributed by atoms with Crippen molar-refractivity contribution in [2.75, 3.05) is 5.32 Å². The van der Waals surface area contributed by atoms with Crippen LogP contribution in [0.2, 0.25) is 5.02 Å². The summed E-state index contributed by atoms with van der Waals surface area (Å²) < 4.78 is 0. The van der Waals surface area contributed by atoms with Gasteiger partial charge in [-0.05, 0) is 25.1 Å². The van der Waals surface area contributed by atoms with Gasteiger partial charge in [-0.15, -0.1) is 0 Å². The van der Waals surface area contributed by atoms with Crippen molar-refractivity contribution in [1.82, 2.24) is 0 Å². The van der Waals surface area contributed by atoms with E-state index in [2.05, 4.69) is 5.32 Å². The molecular formula is C12H14ClN3O. The van der Waals surface area contributed by atoms with Gasteiger partial charge >= 0.3 is 0 Å². The van der Waals surface area contributed by atoms with Crippen LogP contribution in [0.5, 0.6) is 0 Å². The third-order valence-electron chi connectivity index (χ3n) is 2.56. The maximum Gasteiger partial charge on any atom is 0.228 e. The molecule has 0 saturated carbocycles. The SMILES string of the molecule is CC(N)C(C)C(=O)Nc1cc(Cl)ccc1C#N. The van der Waals surface area contributed by atoms with Gasteiger partial charge in [0.25, 0.3) is 0 Å². The lowest BCUT2D eigenvalue weighted by Gasteiger charge is -2.16. The maximum atomic E-state index is 11.8. The number of rotatable bonds is 3. The van der Waals surface area contributed by atoms with Crippen LogP contribution in [0.25, 0.3) is 0 Å². The number of amides is 1. The van der Waals surface area contributed by atoms with E-state index in [1.165, 1.54) is 0 Å². The van der Waals surface area contributed by atoms with Crippen LogP contribution < -0.4 is 11.1 Å². The van der Waals surface area contributed by atoms with Crippen molar-refractivity contribution in [1.29, 1.82) is 5.26 Å². The zero-order valence-electron chi connectivity index (χ0n) is 9.70. The highest BCUT2D eigenvalue weighted by Crippen LogP contribution is 2.21. The van der Waals surface area contributed by atoms with Gasteiger partial charge in [-0.25, -0.2) is 0 Å². The van der Waals surface area contributed by atoms with E-state index < -0.39 is 0 Å². The Kier molecular flexibility index (Phi) is 4.50. The highest BCUT2D eigenvalue weighted by atomic mass is 35.5. The smallest absolute Gasteiger partial charge is 0.228 e. The first-order chi connectivity index (χ1) is 7.95. The highest BCUT2D eigenvalue weighted by Gasteiger charge is 2.18. The van der Waals surface area contributed by atoms with Crippen molar-refractivity contribution >= 4 is 23.2 Å². The number of benzene rings is 1. The molecule has 4 nitrogen and oxygen atoms in total. The van der Waals surface area contributed by atoms with Crippen LogP contribution in [-0.4, -0.2) is 11.9 Å². The fraction of sp³-hybridized carbons (Fsp3) is 0.333. The molecule has 0 aliphatic carbocycles. The van der Waals surface area contributed by atoms with E-state index in [-0.39, 0.29) is 17.9 Å². The summed E-state index contributed by atoms with van der Waals surface area (Å²) in [6.45, 7) is 3.49. The lowest BCUT2D eigenvalue weighted by atomic mass is 10.0. The summed E-state index contributed by atoms with van der Waals surface area (Å²) in [5.41, 5.74) is 6.43. The summed E-state index contributed by atoms with van der Waals surface area (Å²) in [5.74, 6) is -0.556.